The van der Waals surface area contributed by atoms with Crippen LogP contribution in [0.15, 0.2) is 17.8 Å². The van der Waals surface area contributed by atoms with Crippen molar-refractivity contribution in [3.63, 3.8) is 0 Å². The van der Waals surface area contributed by atoms with E-state index in [1.165, 1.54) is 28.4 Å². The molecule has 0 spiro atoms. The molecule has 1 fully saturated rings. The Morgan fingerprint density at radius 1 is 1.12 bits per heavy atom. The van der Waals surface area contributed by atoms with Gasteiger partial charge in [-0.05, 0) is 24.4 Å². The second-order valence-corrected chi connectivity index (χ2v) is 5.29. The summed E-state index contributed by atoms with van der Waals surface area (Å²) in [7, 11) is 5.76. The Labute approximate surface area is 150 Å². The van der Waals surface area contributed by atoms with Crippen LogP contribution in [0.2, 0.25) is 0 Å². The van der Waals surface area contributed by atoms with E-state index in [0.29, 0.717) is 22.8 Å². The molecule has 1 heterocycles. The number of methoxy groups -OCH3 is 4. The molecular formula is C16H18N2O6S. The zero-order chi connectivity index (χ0) is 18.6. The van der Waals surface area contributed by atoms with Crippen molar-refractivity contribution in [2.75, 3.05) is 35.0 Å². The highest BCUT2D eigenvalue weighted by molar-refractivity contribution is 7.80. The monoisotopic (exact) mass is 366 g/mol. The third-order valence-electron chi connectivity index (χ3n) is 3.51. The number of rotatable bonds is 6. The summed E-state index contributed by atoms with van der Waals surface area (Å²) in [6.45, 7) is -0.262. The summed E-state index contributed by atoms with van der Waals surface area (Å²) in [4.78, 5) is 25.0. The lowest BCUT2D eigenvalue weighted by atomic mass is 10.1. The van der Waals surface area contributed by atoms with Gasteiger partial charge >= 0.3 is 5.97 Å². The molecule has 0 atom stereocenters. The highest BCUT2D eigenvalue weighted by Gasteiger charge is 2.32. The van der Waals surface area contributed by atoms with Gasteiger partial charge in [-0.1, -0.05) is 0 Å². The van der Waals surface area contributed by atoms with Crippen LogP contribution in [0.3, 0.4) is 0 Å². The Kier molecular flexibility index (Phi) is 5.81. The highest BCUT2D eigenvalue weighted by atomic mass is 32.1. The smallest absolute Gasteiger partial charge is 0.325 e. The quantitative estimate of drug-likeness (QED) is 0.452. The number of esters is 1. The molecule has 0 aliphatic carbocycles. The third-order valence-corrected chi connectivity index (χ3v) is 3.84. The van der Waals surface area contributed by atoms with Gasteiger partial charge < -0.3 is 24.3 Å². The molecule has 0 radical (unpaired) electrons. The lowest BCUT2D eigenvalue weighted by Crippen LogP contribution is -2.35. The van der Waals surface area contributed by atoms with E-state index in [-0.39, 0.29) is 17.4 Å². The van der Waals surface area contributed by atoms with Crippen LogP contribution < -0.4 is 19.5 Å². The number of ether oxygens (including phenoxy) is 4. The highest BCUT2D eigenvalue weighted by Crippen LogP contribution is 2.35. The number of nitrogens with one attached hydrogen (secondary N) is 1. The van der Waals surface area contributed by atoms with Gasteiger partial charge in [-0.15, -0.1) is 0 Å². The van der Waals surface area contributed by atoms with Gasteiger partial charge in [0.2, 0.25) is 0 Å². The number of amides is 1. The first-order chi connectivity index (χ1) is 11.9. The van der Waals surface area contributed by atoms with Crippen LogP contribution in [-0.2, 0) is 14.3 Å². The Morgan fingerprint density at radius 2 is 1.72 bits per heavy atom. The average Bonchev–Trinajstić information content (AvgIpc) is 2.88. The number of carbonyl (C=O) groups excluding carboxylic acids is 2. The summed E-state index contributed by atoms with van der Waals surface area (Å²) in [6, 6.07) is 3.32. The van der Waals surface area contributed by atoms with Gasteiger partial charge in [-0.2, -0.15) is 0 Å². The van der Waals surface area contributed by atoms with Crippen molar-refractivity contribution in [1.82, 2.24) is 10.2 Å². The molecule has 25 heavy (non-hydrogen) atoms. The lowest BCUT2D eigenvalue weighted by Gasteiger charge is -2.12. The molecule has 1 N–H and O–H groups in total. The first-order valence-corrected chi connectivity index (χ1v) is 7.57. The standard InChI is InChI=1S/C16H18N2O6S/c1-21-11-7-13(23-3)12(22-2)6-9(11)5-10-15(20)18(16(25)17-10)8-14(19)24-4/h5-7H,8H2,1-4H3,(H,17,25)/b10-5-. The normalized spacial score (nSPS) is 15.2. The van der Waals surface area contributed by atoms with Crippen molar-refractivity contribution in [2.45, 2.75) is 0 Å². The van der Waals surface area contributed by atoms with E-state index in [9.17, 15) is 9.59 Å². The van der Waals surface area contributed by atoms with Crippen molar-refractivity contribution in [3.8, 4) is 17.2 Å². The fourth-order valence-electron chi connectivity index (χ4n) is 2.23. The SMILES string of the molecule is COC(=O)CN1C(=O)/C(=C/c2cc(OC)c(OC)cc2OC)NC1=S. The summed E-state index contributed by atoms with van der Waals surface area (Å²) in [6.07, 6.45) is 1.56. The molecule has 1 aromatic carbocycles. The van der Waals surface area contributed by atoms with Gasteiger partial charge in [0.25, 0.3) is 5.91 Å². The molecule has 2 rings (SSSR count). The van der Waals surface area contributed by atoms with Crippen molar-refractivity contribution in [3.05, 3.63) is 23.4 Å². The first-order valence-electron chi connectivity index (χ1n) is 7.16. The molecule has 9 heteroatoms. The number of nitrogens with zero attached hydrogens (tertiary/aromatic N) is 1. The number of carbonyl (C=O) groups is 2. The largest absolute Gasteiger partial charge is 0.496 e. The summed E-state index contributed by atoms with van der Waals surface area (Å²) in [5.41, 5.74) is 0.790. The van der Waals surface area contributed by atoms with Crippen LogP contribution in [0.25, 0.3) is 6.08 Å². The molecule has 0 unspecified atom stereocenters. The molecule has 1 amide bonds. The number of hydrogen-bond donors (Lipinski definition) is 1. The first kappa shape index (κ1) is 18.5. The van der Waals surface area contributed by atoms with Crippen molar-refractivity contribution in [1.29, 1.82) is 0 Å². The molecule has 1 aliphatic rings. The van der Waals surface area contributed by atoms with Crippen molar-refractivity contribution < 1.29 is 28.5 Å². The van der Waals surface area contributed by atoms with Crippen molar-refractivity contribution in [2.24, 2.45) is 0 Å². The minimum absolute atomic E-state index is 0.126. The Morgan fingerprint density at radius 3 is 2.28 bits per heavy atom. The van der Waals surface area contributed by atoms with E-state index < -0.39 is 11.9 Å². The topological polar surface area (TPSA) is 86.3 Å². The van der Waals surface area contributed by atoms with E-state index >= 15 is 0 Å². The number of benzene rings is 1. The maximum absolute atomic E-state index is 12.5. The van der Waals surface area contributed by atoms with Gasteiger partial charge in [-0.25, -0.2) is 0 Å². The predicted molar refractivity (Wildman–Crippen MR) is 93.5 cm³/mol. The zero-order valence-electron chi connectivity index (χ0n) is 14.2. The fraction of sp³-hybridized carbons (Fsp3) is 0.312. The van der Waals surface area contributed by atoms with E-state index in [1.54, 1.807) is 18.2 Å². The molecule has 0 saturated carbocycles. The summed E-state index contributed by atoms with van der Waals surface area (Å²) in [5.74, 6) is 0.455. The Hall–Kier alpha value is -2.81. The van der Waals surface area contributed by atoms with Gasteiger partial charge in [0, 0.05) is 11.6 Å². The third kappa shape index (κ3) is 3.82. The van der Waals surface area contributed by atoms with Gasteiger partial charge in [0.1, 0.15) is 18.0 Å². The second kappa shape index (κ2) is 7.84. The molecule has 8 nitrogen and oxygen atoms in total. The van der Waals surface area contributed by atoms with Gasteiger partial charge in [0.05, 0.1) is 28.4 Å². The summed E-state index contributed by atoms with van der Waals surface area (Å²) in [5, 5.41) is 2.91. The predicted octanol–water partition coefficient (Wildman–Crippen LogP) is 0.943. The fourth-order valence-corrected chi connectivity index (χ4v) is 2.49. The Balaban J connectivity index is 2.38. The average molecular weight is 366 g/mol. The van der Waals surface area contributed by atoms with Crippen molar-refractivity contribution >= 4 is 35.3 Å². The molecule has 0 bridgehead atoms. The molecule has 134 valence electrons. The maximum atomic E-state index is 12.5. The zero-order valence-corrected chi connectivity index (χ0v) is 15.1. The van der Waals surface area contributed by atoms with E-state index in [2.05, 4.69) is 10.1 Å². The molecule has 1 aromatic rings. The van der Waals surface area contributed by atoms with Gasteiger partial charge in [-0.3, -0.25) is 14.5 Å². The van der Waals surface area contributed by atoms with E-state index in [4.69, 9.17) is 26.4 Å². The van der Waals surface area contributed by atoms with Crippen LogP contribution in [-0.4, -0.2) is 56.9 Å². The van der Waals surface area contributed by atoms with Gasteiger partial charge in [0.15, 0.2) is 16.6 Å². The number of thiocarbonyl (C=S) groups is 1. The Bertz CT molecular complexity index is 746. The van der Waals surface area contributed by atoms with E-state index in [1.807, 2.05) is 0 Å². The van der Waals surface area contributed by atoms with Crippen LogP contribution in [0.4, 0.5) is 0 Å². The molecular weight excluding hydrogens is 348 g/mol. The lowest BCUT2D eigenvalue weighted by molar-refractivity contribution is -0.143. The molecule has 1 aliphatic heterocycles. The maximum Gasteiger partial charge on any atom is 0.325 e. The minimum atomic E-state index is -0.567. The van der Waals surface area contributed by atoms with Crippen LogP contribution in [0, 0.1) is 0 Å². The van der Waals surface area contributed by atoms with Crippen LogP contribution in [0.1, 0.15) is 5.56 Å². The minimum Gasteiger partial charge on any atom is -0.496 e. The summed E-state index contributed by atoms with van der Waals surface area (Å²) < 4.78 is 20.4. The van der Waals surface area contributed by atoms with Crippen LogP contribution in [0.5, 0.6) is 17.2 Å². The summed E-state index contributed by atoms with van der Waals surface area (Å²) >= 11 is 5.10. The van der Waals surface area contributed by atoms with Crippen LogP contribution >= 0.6 is 12.2 Å². The van der Waals surface area contributed by atoms with E-state index in [0.717, 1.165) is 4.90 Å². The molecule has 1 saturated heterocycles. The second-order valence-electron chi connectivity index (χ2n) is 4.90. The number of hydrogen-bond acceptors (Lipinski definition) is 7. The molecule has 0 aromatic heterocycles.